The van der Waals surface area contributed by atoms with Crippen molar-refractivity contribution in [2.75, 3.05) is 44.2 Å². The maximum absolute atomic E-state index is 12.7. The maximum atomic E-state index is 12.7. The van der Waals surface area contributed by atoms with E-state index in [0.29, 0.717) is 13.2 Å². The summed E-state index contributed by atoms with van der Waals surface area (Å²) in [5, 5.41) is 0. The summed E-state index contributed by atoms with van der Waals surface area (Å²) in [4.78, 5) is 31.4. The largest absolute Gasteiger partial charge is 0.490 e. The van der Waals surface area contributed by atoms with E-state index in [-0.39, 0.29) is 24.7 Å². The summed E-state index contributed by atoms with van der Waals surface area (Å²) >= 11 is 0. The zero-order valence-electron chi connectivity index (χ0n) is 17.5. The molecule has 0 saturated carbocycles. The highest BCUT2D eigenvalue weighted by Gasteiger charge is 2.25. The third kappa shape index (κ3) is 4.82. The minimum absolute atomic E-state index is 0.0165. The van der Waals surface area contributed by atoms with Crippen LogP contribution in [0.15, 0.2) is 48.5 Å². The second kappa shape index (κ2) is 9.30. The quantitative estimate of drug-likeness (QED) is 0.765. The second-order valence-corrected chi connectivity index (χ2v) is 8.01. The summed E-state index contributed by atoms with van der Waals surface area (Å²) in [5.41, 5.74) is 3.38. The smallest absolute Gasteiger partial charge is 0.227 e. The van der Waals surface area contributed by atoms with Crippen LogP contribution in [-0.4, -0.2) is 60.9 Å². The minimum atomic E-state index is -0.0165. The summed E-state index contributed by atoms with van der Waals surface area (Å²) in [6, 6.07) is 16.1. The number of ether oxygens (including phenoxy) is 1. The van der Waals surface area contributed by atoms with Gasteiger partial charge in [0.2, 0.25) is 11.8 Å². The fourth-order valence-corrected chi connectivity index (χ4v) is 4.16. The molecule has 0 aliphatic carbocycles. The molecule has 6 nitrogen and oxygen atoms in total. The highest BCUT2D eigenvalue weighted by Crippen LogP contribution is 2.31. The van der Waals surface area contributed by atoms with Gasteiger partial charge in [-0.25, -0.2) is 0 Å². The van der Waals surface area contributed by atoms with Gasteiger partial charge in [-0.1, -0.05) is 42.0 Å². The number of anilines is 1. The molecule has 0 radical (unpaired) electrons. The molecular formula is C24H29N3O3. The van der Waals surface area contributed by atoms with Crippen molar-refractivity contribution in [3.8, 4) is 5.75 Å². The third-order valence-electron chi connectivity index (χ3n) is 5.80. The van der Waals surface area contributed by atoms with Gasteiger partial charge in [0.05, 0.1) is 12.2 Å². The van der Waals surface area contributed by atoms with Crippen molar-refractivity contribution in [1.29, 1.82) is 0 Å². The van der Waals surface area contributed by atoms with Gasteiger partial charge in [-0.05, 0) is 24.6 Å². The number of hydrogen-bond acceptors (Lipinski definition) is 4. The molecule has 4 rings (SSSR count). The van der Waals surface area contributed by atoms with Crippen LogP contribution in [0.5, 0.6) is 5.75 Å². The molecular weight excluding hydrogens is 378 g/mol. The average Bonchev–Trinajstić information content (AvgIpc) is 2.77. The molecule has 2 aliphatic heterocycles. The number of piperazine rings is 1. The van der Waals surface area contributed by atoms with Gasteiger partial charge in [0.15, 0.2) is 0 Å². The standard InChI is InChI=1S/C24H29N3O3/c1-19-5-4-6-20(17-19)18-25-11-13-26(14-12-25)23(28)9-10-24(29)27-15-16-30-22-8-3-2-7-21(22)27/h2-8,17H,9-16,18H2,1H3. The Bertz CT molecular complexity index is 906. The molecule has 0 spiro atoms. The SMILES string of the molecule is Cc1cccc(CN2CCN(C(=O)CCC(=O)N3CCOc4ccccc43)CC2)c1. The molecule has 0 bridgehead atoms. The summed E-state index contributed by atoms with van der Waals surface area (Å²) in [6.45, 7) is 7.21. The maximum Gasteiger partial charge on any atom is 0.227 e. The number of amides is 2. The Morgan fingerprint density at radius 1 is 0.900 bits per heavy atom. The first-order valence-corrected chi connectivity index (χ1v) is 10.7. The molecule has 1 saturated heterocycles. The van der Waals surface area contributed by atoms with Crippen LogP contribution in [0.25, 0.3) is 0 Å². The number of fused-ring (bicyclic) bond motifs is 1. The van der Waals surface area contributed by atoms with Gasteiger partial charge in [0.25, 0.3) is 0 Å². The molecule has 158 valence electrons. The predicted octanol–water partition coefficient (Wildman–Crippen LogP) is 2.85. The van der Waals surface area contributed by atoms with Crippen molar-refractivity contribution in [3.63, 3.8) is 0 Å². The Kier molecular flexibility index (Phi) is 6.33. The average molecular weight is 408 g/mol. The lowest BCUT2D eigenvalue weighted by Gasteiger charge is -2.35. The number of carbonyl (C=O) groups excluding carboxylic acids is 2. The molecule has 0 unspecified atom stereocenters. The van der Waals surface area contributed by atoms with Crippen LogP contribution in [0.4, 0.5) is 5.69 Å². The van der Waals surface area contributed by atoms with Gasteiger partial charge < -0.3 is 14.5 Å². The van der Waals surface area contributed by atoms with E-state index in [0.717, 1.165) is 44.2 Å². The first-order valence-electron chi connectivity index (χ1n) is 10.7. The van der Waals surface area contributed by atoms with Gasteiger partial charge in [0, 0.05) is 45.6 Å². The number of para-hydroxylation sites is 2. The lowest BCUT2D eigenvalue weighted by Crippen LogP contribution is -2.48. The normalized spacial score (nSPS) is 16.7. The number of benzene rings is 2. The van der Waals surface area contributed by atoms with Gasteiger partial charge in [-0.3, -0.25) is 14.5 Å². The van der Waals surface area contributed by atoms with Crippen LogP contribution in [0, 0.1) is 6.92 Å². The Morgan fingerprint density at radius 2 is 1.67 bits per heavy atom. The van der Waals surface area contributed by atoms with Crippen molar-refractivity contribution >= 4 is 17.5 Å². The fourth-order valence-electron chi connectivity index (χ4n) is 4.16. The molecule has 2 heterocycles. The molecule has 1 fully saturated rings. The lowest BCUT2D eigenvalue weighted by molar-refractivity contribution is -0.134. The molecule has 2 aliphatic rings. The van der Waals surface area contributed by atoms with Crippen molar-refractivity contribution in [2.45, 2.75) is 26.3 Å². The molecule has 2 aromatic carbocycles. The summed E-state index contributed by atoms with van der Waals surface area (Å²) in [5.74, 6) is 0.783. The van der Waals surface area contributed by atoms with E-state index < -0.39 is 0 Å². The number of rotatable bonds is 5. The summed E-state index contributed by atoms with van der Waals surface area (Å²) < 4.78 is 5.61. The molecule has 2 aromatic rings. The van der Waals surface area contributed by atoms with E-state index in [1.807, 2.05) is 29.2 Å². The zero-order chi connectivity index (χ0) is 20.9. The monoisotopic (exact) mass is 407 g/mol. The predicted molar refractivity (Wildman–Crippen MR) is 117 cm³/mol. The summed E-state index contributed by atoms with van der Waals surface area (Å²) in [6.07, 6.45) is 0.493. The number of aryl methyl sites for hydroxylation is 1. The fraction of sp³-hybridized carbons (Fsp3) is 0.417. The van der Waals surface area contributed by atoms with E-state index in [2.05, 4.69) is 36.1 Å². The van der Waals surface area contributed by atoms with Crippen molar-refractivity contribution in [2.24, 2.45) is 0 Å². The first-order chi connectivity index (χ1) is 14.6. The van der Waals surface area contributed by atoms with Crippen LogP contribution in [0.2, 0.25) is 0 Å². The van der Waals surface area contributed by atoms with Gasteiger partial charge in [-0.15, -0.1) is 0 Å². The molecule has 30 heavy (non-hydrogen) atoms. The van der Waals surface area contributed by atoms with Crippen LogP contribution in [0.1, 0.15) is 24.0 Å². The van der Waals surface area contributed by atoms with E-state index in [1.165, 1.54) is 11.1 Å². The van der Waals surface area contributed by atoms with Crippen LogP contribution >= 0.6 is 0 Å². The van der Waals surface area contributed by atoms with Crippen LogP contribution < -0.4 is 9.64 Å². The van der Waals surface area contributed by atoms with Crippen molar-refractivity contribution in [1.82, 2.24) is 9.80 Å². The third-order valence-corrected chi connectivity index (χ3v) is 5.80. The zero-order valence-corrected chi connectivity index (χ0v) is 17.5. The van der Waals surface area contributed by atoms with Gasteiger partial charge >= 0.3 is 0 Å². The highest BCUT2D eigenvalue weighted by molar-refractivity contribution is 5.97. The van der Waals surface area contributed by atoms with Gasteiger partial charge in [0.1, 0.15) is 12.4 Å². The highest BCUT2D eigenvalue weighted by atomic mass is 16.5. The van der Waals surface area contributed by atoms with Crippen LogP contribution in [-0.2, 0) is 16.1 Å². The second-order valence-electron chi connectivity index (χ2n) is 8.01. The summed E-state index contributed by atoms with van der Waals surface area (Å²) in [7, 11) is 0. The van der Waals surface area contributed by atoms with Gasteiger partial charge in [-0.2, -0.15) is 0 Å². The van der Waals surface area contributed by atoms with Crippen molar-refractivity contribution < 1.29 is 14.3 Å². The Labute approximate surface area is 178 Å². The van der Waals surface area contributed by atoms with E-state index in [4.69, 9.17) is 4.74 Å². The molecule has 6 heteroatoms. The van der Waals surface area contributed by atoms with E-state index >= 15 is 0 Å². The Balaban J connectivity index is 1.24. The minimum Gasteiger partial charge on any atom is -0.490 e. The number of nitrogens with zero attached hydrogens (tertiary/aromatic N) is 3. The molecule has 0 N–H and O–H groups in total. The van der Waals surface area contributed by atoms with Crippen LogP contribution in [0.3, 0.4) is 0 Å². The molecule has 0 atom stereocenters. The Hall–Kier alpha value is -2.86. The number of carbonyl (C=O) groups is 2. The topological polar surface area (TPSA) is 53.1 Å². The van der Waals surface area contributed by atoms with E-state index in [9.17, 15) is 9.59 Å². The molecule has 0 aromatic heterocycles. The number of hydrogen-bond donors (Lipinski definition) is 0. The lowest BCUT2D eigenvalue weighted by atomic mass is 10.1. The Morgan fingerprint density at radius 3 is 2.47 bits per heavy atom. The first kappa shape index (κ1) is 20.4. The van der Waals surface area contributed by atoms with Crippen molar-refractivity contribution in [3.05, 3.63) is 59.7 Å². The van der Waals surface area contributed by atoms with E-state index in [1.54, 1.807) is 4.90 Å². The molecule has 2 amide bonds.